The topological polar surface area (TPSA) is 69.8 Å². The number of nitrogens with zero attached hydrogens (tertiary/aromatic N) is 4. The zero-order valence-corrected chi connectivity index (χ0v) is 19.4. The Labute approximate surface area is 206 Å². The van der Waals surface area contributed by atoms with Crippen molar-refractivity contribution in [3.63, 3.8) is 0 Å². The second-order valence-electron chi connectivity index (χ2n) is 8.54. The van der Waals surface area contributed by atoms with Crippen molar-refractivity contribution in [1.82, 2.24) is 19.1 Å². The van der Waals surface area contributed by atoms with Gasteiger partial charge < -0.3 is 0 Å². The first-order chi connectivity index (χ1) is 17.7. The Morgan fingerprint density at radius 2 is 0.833 bits per heavy atom. The normalized spacial score (nSPS) is 11.2. The second kappa shape index (κ2) is 9.07. The monoisotopic (exact) mass is 470 g/mol. The summed E-state index contributed by atoms with van der Waals surface area (Å²) in [6, 6.07) is 33.8. The number of hydrogen-bond donors (Lipinski definition) is 0. The third-order valence-electron chi connectivity index (χ3n) is 6.29. The first kappa shape index (κ1) is 21.7. The molecule has 0 saturated heterocycles. The van der Waals surface area contributed by atoms with Crippen molar-refractivity contribution in [3.05, 3.63) is 142 Å². The van der Waals surface area contributed by atoms with Gasteiger partial charge in [-0.3, -0.25) is 18.7 Å². The van der Waals surface area contributed by atoms with Crippen molar-refractivity contribution < 1.29 is 0 Å². The van der Waals surface area contributed by atoms with E-state index in [1.165, 1.54) is 0 Å². The van der Waals surface area contributed by atoms with E-state index in [1.807, 2.05) is 97.1 Å². The van der Waals surface area contributed by atoms with Crippen LogP contribution in [0.3, 0.4) is 0 Å². The van der Waals surface area contributed by atoms with Crippen molar-refractivity contribution in [3.8, 4) is 11.4 Å². The van der Waals surface area contributed by atoms with Crippen molar-refractivity contribution in [2.24, 2.45) is 0 Å². The van der Waals surface area contributed by atoms with Gasteiger partial charge in [0.1, 0.15) is 11.6 Å². The van der Waals surface area contributed by atoms with Gasteiger partial charge in [-0.25, -0.2) is 9.97 Å². The lowest BCUT2D eigenvalue weighted by Crippen LogP contribution is -2.26. The molecule has 36 heavy (non-hydrogen) atoms. The fourth-order valence-electron chi connectivity index (χ4n) is 4.60. The molecule has 0 aliphatic carbocycles. The van der Waals surface area contributed by atoms with Crippen LogP contribution in [0.1, 0.15) is 11.6 Å². The van der Waals surface area contributed by atoms with E-state index in [2.05, 4.69) is 0 Å². The zero-order chi connectivity index (χ0) is 24.5. The summed E-state index contributed by atoms with van der Waals surface area (Å²) in [6.45, 7) is 0. The molecule has 6 aromatic rings. The molecule has 0 radical (unpaired) electrons. The average Bonchev–Trinajstić information content (AvgIpc) is 2.93. The van der Waals surface area contributed by atoms with Crippen LogP contribution < -0.4 is 11.1 Å². The van der Waals surface area contributed by atoms with Gasteiger partial charge in [-0.05, 0) is 48.5 Å². The van der Waals surface area contributed by atoms with Crippen molar-refractivity contribution in [2.75, 3.05) is 0 Å². The zero-order valence-electron chi connectivity index (χ0n) is 19.4. The van der Waals surface area contributed by atoms with E-state index in [0.717, 1.165) is 11.4 Å². The van der Waals surface area contributed by atoms with Gasteiger partial charge in [-0.15, -0.1) is 0 Å². The first-order valence-electron chi connectivity index (χ1n) is 11.8. The van der Waals surface area contributed by atoms with Gasteiger partial charge >= 0.3 is 0 Å². The molecule has 0 bridgehead atoms. The number of hydrogen-bond acceptors (Lipinski definition) is 4. The Bertz CT molecular complexity index is 1690. The minimum Gasteiger partial charge on any atom is -0.268 e. The maximum Gasteiger partial charge on any atom is 0.265 e. The lowest BCUT2D eigenvalue weighted by atomic mass is 10.1. The molecule has 6 heteroatoms. The lowest BCUT2D eigenvalue weighted by molar-refractivity contribution is 0.733. The number of rotatable bonds is 5. The molecule has 6 nitrogen and oxygen atoms in total. The minimum atomic E-state index is -0.117. The summed E-state index contributed by atoms with van der Waals surface area (Å²) >= 11 is 0. The maximum absolute atomic E-state index is 13.5. The van der Waals surface area contributed by atoms with Crippen LogP contribution in [0, 0.1) is 0 Å². The highest BCUT2D eigenvalue weighted by Gasteiger charge is 2.16. The quantitative estimate of drug-likeness (QED) is 0.361. The van der Waals surface area contributed by atoms with Crippen molar-refractivity contribution in [1.29, 1.82) is 0 Å². The number of aryl methyl sites for hydroxylation is 2. The number of benzene rings is 4. The maximum atomic E-state index is 13.5. The number of fused-ring (bicyclic) bond motifs is 2. The number of para-hydroxylation sites is 4. The Kier molecular flexibility index (Phi) is 5.46. The summed E-state index contributed by atoms with van der Waals surface area (Å²) in [5.74, 6) is 1.24. The predicted molar refractivity (Wildman–Crippen MR) is 142 cm³/mol. The summed E-state index contributed by atoms with van der Waals surface area (Å²) in [5.41, 5.74) is 2.57. The molecule has 0 fully saturated rings. The van der Waals surface area contributed by atoms with Gasteiger partial charge in [-0.2, -0.15) is 0 Å². The largest absolute Gasteiger partial charge is 0.268 e. The van der Waals surface area contributed by atoms with Gasteiger partial charge in [0.25, 0.3) is 11.1 Å². The molecule has 2 aromatic heterocycles. The van der Waals surface area contributed by atoms with Crippen LogP contribution in [0.4, 0.5) is 0 Å². The Morgan fingerprint density at radius 3 is 1.25 bits per heavy atom. The third kappa shape index (κ3) is 3.79. The second-order valence-corrected chi connectivity index (χ2v) is 8.54. The van der Waals surface area contributed by atoms with Crippen LogP contribution in [0.15, 0.2) is 119 Å². The van der Waals surface area contributed by atoms with Crippen molar-refractivity contribution >= 4 is 21.8 Å². The van der Waals surface area contributed by atoms with E-state index in [0.29, 0.717) is 46.3 Å². The third-order valence-corrected chi connectivity index (χ3v) is 6.29. The van der Waals surface area contributed by atoms with Crippen LogP contribution in [0.5, 0.6) is 0 Å². The summed E-state index contributed by atoms with van der Waals surface area (Å²) in [7, 11) is 0. The molecule has 0 N–H and O–H groups in total. The van der Waals surface area contributed by atoms with Gasteiger partial charge in [0.2, 0.25) is 0 Å². The Hall–Kier alpha value is -4.84. The molecule has 0 spiro atoms. The van der Waals surface area contributed by atoms with E-state index in [9.17, 15) is 9.59 Å². The number of aromatic nitrogens is 4. The van der Waals surface area contributed by atoms with Gasteiger partial charge in [0.05, 0.1) is 33.2 Å². The highest BCUT2D eigenvalue weighted by molar-refractivity contribution is 5.78. The molecule has 0 aliphatic heterocycles. The molecule has 4 aromatic carbocycles. The lowest BCUT2D eigenvalue weighted by Gasteiger charge is -2.16. The van der Waals surface area contributed by atoms with E-state index in [4.69, 9.17) is 9.97 Å². The van der Waals surface area contributed by atoms with Crippen LogP contribution in [0.25, 0.3) is 33.2 Å². The standard InChI is InChI=1S/C30H22N4O2/c35-29-23-15-7-9-17-25(23)31-27(33(29)21-11-3-1-4-12-21)19-20-28-32-26-18-10-8-16-24(26)30(36)34(28)22-13-5-2-6-14-22/h1-18H,19-20H2. The first-order valence-corrected chi connectivity index (χ1v) is 11.8. The van der Waals surface area contributed by atoms with Crippen LogP contribution in [-0.4, -0.2) is 19.1 Å². The van der Waals surface area contributed by atoms with E-state index in [1.54, 1.807) is 21.3 Å². The molecule has 2 heterocycles. The molecule has 0 amide bonds. The molecule has 0 unspecified atom stereocenters. The fourth-order valence-corrected chi connectivity index (χ4v) is 4.60. The van der Waals surface area contributed by atoms with Gasteiger partial charge in [0.15, 0.2) is 0 Å². The summed E-state index contributed by atoms with van der Waals surface area (Å²) in [5, 5.41) is 1.13. The molecule has 0 aliphatic rings. The molecule has 0 saturated carbocycles. The SMILES string of the molecule is O=c1c2ccccc2nc(CCc2nc3ccccc3c(=O)n2-c2ccccc2)n1-c1ccccc1. The smallest absolute Gasteiger partial charge is 0.265 e. The van der Waals surface area contributed by atoms with Crippen molar-refractivity contribution in [2.45, 2.75) is 12.8 Å². The summed E-state index contributed by atoms with van der Waals surface area (Å²) < 4.78 is 3.32. The highest BCUT2D eigenvalue weighted by atomic mass is 16.1. The van der Waals surface area contributed by atoms with Crippen LogP contribution in [0.2, 0.25) is 0 Å². The summed E-state index contributed by atoms with van der Waals surface area (Å²) in [6.07, 6.45) is 0.846. The van der Waals surface area contributed by atoms with E-state index >= 15 is 0 Å². The van der Waals surface area contributed by atoms with Crippen LogP contribution in [-0.2, 0) is 12.8 Å². The highest BCUT2D eigenvalue weighted by Crippen LogP contribution is 2.17. The fraction of sp³-hybridized carbons (Fsp3) is 0.0667. The Balaban J connectivity index is 1.52. The minimum absolute atomic E-state index is 0.117. The Morgan fingerprint density at radius 1 is 0.472 bits per heavy atom. The molecule has 0 atom stereocenters. The van der Waals surface area contributed by atoms with Crippen LogP contribution >= 0.6 is 0 Å². The average molecular weight is 471 g/mol. The molecule has 174 valence electrons. The molecule has 6 rings (SSSR count). The molecular weight excluding hydrogens is 448 g/mol. The van der Waals surface area contributed by atoms with E-state index in [-0.39, 0.29) is 11.1 Å². The molecular formula is C30H22N4O2. The predicted octanol–water partition coefficient (Wildman–Crippen LogP) is 4.87. The van der Waals surface area contributed by atoms with Gasteiger partial charge in [0, 0.05) is 12.8 Å². The summed E-state index contributed by atoms with van der Waals surface area (Å²) in [4.78, 5) is 36.8. The van der Waals surface area contributed by atoms with Gasteiger partial charge in [-0.1, -0.05) is 60.7 Å². The van der Waals surface area contributed by atoms with E-state index < -0.39 is 0 Å².